The van der Waals surface area contributed by atoms with E-state index in [2.05, 4.69) is 6.07 Å². The molecule has 0 N–H and O–H groups in total. The molecule has 0 fully saturated rings. The Bertz CT molecular complexity index is 407. The maximum absolute atomic E-state index is 5.89. The van der Waals surface area contributed by atoms with Gasteiger partial charge in [-0.3, -0.25) is 0 Å². The molecule has 2 rings (SSSR count). The van der Waals surface area contributed by atoms with E-state index < -0.39 is 0 Å². The first-order valence-corrected chi connectivity index (χ1v) is 5.31. The average Bonchev–Trinajstić information content (AvgIpc) is 2.62. The summed E-state index contributed by atoms with van der Waals surface area (Å²) in [5, 5.41) is 3.09. The molecular formula is C10H5Cl2S. The van der Waals surface area contributed by atoms with Crippen LogP contribution in [-0.2, 0) is 0 Å². The Hall–Kier alpha value is -0.500. The van der Waals surface area contributed by atoms with Crippen LogP contribution in [0.2, 0.25) is 10.0 Å². The lowest BCUT2D eigenvalue weighted by Gasteiger charge is -1.99. The topological polar surface area (TPSA) is 0 Å². The summed E-state index contributed by atoms with van der Waals surface area (Å²) >= 11 is 13.3. The summed E-state index contributed by atoms with van der Waals surface area (Å²) in [6, 6.07) is 10.6. The van der Waals surface area contributed by atoms with E-state index in [1.54, 1.807) is 17.4 Å². The second kappa shape index (κ2) is 3.70. The van der Waals surface area contributed by atoms with Gasteiger partial charge in [0.1, 0.15) is 0 Å². The number of rotatable bonds is 1. The van der Waals surface area contributed by atoms with E-state index in [1.807, 2.05) is 23.6 Å². The molecule has 1 radical (unpaired) electrons. The van der Waals surface area contributed by atoms with Gasteiger partial charge in [0.2, 0.25) is 0 Å². The highest BCUT2D eigenvalue weighted by Crippen LogP contribution is 2.30. The molecule has 0 unspecified atom stereocenters. The van der Waals surface area contributed by atoms with Gasteiger partial charge in [-0.25, -0.2) is 0 Å². The fourth-order valence-corrected chi connectivity index (χ4v) is 2.00. The van der Waals surface area contributed by atoms with E-state index in [9.17, 15) is 0 Å². The summed E-state index contributed by atoms with van der Waals surface area (Å²) < 4.78 is 0. The van der Waals surface area contributed by atoms with Crippen LogP contribution in [-0.4, -0.2) is 0 Å². The molecule has 0 amide bonds. The Morgan fingerprint density at radius 3 is 2.62 bits per heavy atom. The van der Waals surface area contributed by atoms with E-state index in [0.29, 0.717) is 10.0 Å². The van der Waals surface area contributed by atoms with Crippen LogP contribution in [0.3, 0.4) is 0 Å². The summed E-state index contributed by atoms with van der Waals surface area (Å²) in [6.07, 6.45) is 0. The third-order valence-electron chi connectivity index (χ3n) is 1.67. The van der Waals surface area contributed by atoms with Crippen LogP contribution >= 0.6 is 34.5 Å². The first-order chi connectivity index (χ1) is 6.27. The largest absolute Gasteiger partial charge is 0.143 e. The quantitative estimate of drug-likeness (QED) is 0.673. The molecule has 1 aromatic carbocycles. The van der Waals surface area contributed by atoms with Crippen molar-refractivity contribution in [2.45, 2.75) is 0 Å². The molecule has 0 saturated heterocycles. The standard InChI is InChI=1S/C10H5Cl2S/c11-8-4-3-7(6-9(8)12)10-2-1-5-13-10/h2-6H. The number of halogens is 2. The van der Waals surface area contributed by atoms with Crippen LogP contribution in [0.1, 0.15) is 0 Å². The Morgan fingerprint density at radius 2 is 2.00 bits per heavy atom. The molecule has 0 aliphatic rings. The molecule has 13 heavy (non-hydrogen) atoms. The predicted molar refractivity (Wildman–Crippen MR) is 58.6 cm³/mol. The summed E-state index contributed by atoms with van der Waals surface area (Å²) in [5.41, 5.74) is 1.08. The van der Waals surface area contributed by atoms with Gasteiger partial charge in [0.15, 0.2) is 0 Å². The minimum atomic E-state index is 0.589. The van der Waals surface area contributed by atoms with Crippen molar-refractivity contribution in [2.24, 2.45) is 0 Å². The molecule has 0 atom stereocenters. The van der Waals surface area contributed by atoms with Crippen LogP contribution in [0.5, 0.6) is 0 Å². The first kappa shape index (κ1) is 9.07. The average molecular weight is 228 g/mol. The minimum Gasteiger partial charge on any atom is -0.143 e. The van der Waals surface area contributed by atoms with E-state index in [4.69, 9.17) is 23.2 Å². The molecule has 0 spiro atoms. The summed E-state index contributed by atoms with van der Waals surface area (Å²) in [5.74, 6) is 0. The maximum Gasteiger partial charge on any atom is 0.0598 e. The van der Waals surface area contributed by atoms with Gasteiger partial charge in [0, 0.05) is 4.88 Å². The molecule has 0 bridgehead atoms. The SMILES string of the molecule is Clc1ccc(-c2c[c]cs2)cc1Cl. The van der Waals surface area contributed by atoms with E-state index >= 15 is 0 Å². The normalized spacial score (nSPS) is 10.3. The van der Waals surface area contributed by atoms with Gasteiger partial charge in [0.25, 0.3) is 0 Å². The fraction of sp³-hybridized carbons (Fsp3) is 0. The van der Waals surface area contributed by atoms with Gasteiger partial charge in [-0.2, -0.15) is 0 Å². The first-order valence-electron chi connectivity index (χ1n) is 3.67. The minimum absolute atomic E-state index is 0.589. The monoisotopic (exact) mass is 227 g/mol. The van der Waals surface area contributed by atoms with Crippen molar-refractivity contribution in [1.82, 2.24) is 0 Å². The zero-order valence-corrected chi connectivity index (χ0v) is 8.88. The van der Waals surface area contributed by atoms with Crippen molar-refractivity contribution < 1.29 is 0 Å². The number of benzene rings is 1. The molecule has 1 aromatic heterocycles. The van der Waals surface area contributed by atoms with Crippen molar-refractivity contribution in [3.63, 3.8) is 0 Å². The van der Waals surface area contributed by atoms with Gasteiger partial charge in [-0.05, 0) is 35.2 Å². The highest BCUT2D eigenvalue weighted by molar-refractivity contribution is 7.13. The number of hydrogen-bond acceptors (Lipinski definition) is 1. The highest BCUT2D eigenvalue weighted by atomic mass is 35.5. The molecule has 0 saturated carbocycles. The molecule has 3 heteroatoms. The second-order valence-corrected chi connectivity index (χ2v) is 4.27. The Balaban J connectivity index is 2.49. The molecular weight excluding hydrogens is 223 g/mol. The number of thiophene rings is 1. The second-order valence-electron chi connectivity index (χ2n) is 2.54. The van der Waals surface area contributed by atoms with Gasteiger partial charge in [-0.15, -0.1) is 11.3 Å². The van der Waals surface area contributed by atoms with Crippen LogP contribution < -0.4 is 0 Å². The third-order valence-corrected chi connectivity index (χ3v) is 3.27. The van der Waals surface area contributed by atoms with Crippen molar-refractivity contribution in [1.29, 1.82) is 0 Å². The molecule has 0 nitrogen and oxygen atoms in total. The van der Waals surface area contributed by atoms with Crippen molar-refractivity contribution in [2.75, 3.05) is 0 Å². The Morgan fingerprint density at radius 1 is 1.15 bits per heavy atom. The molecule has 0 aliphatic heterocycles. The maximum atomic E-state index is 5.89. The zero-order chi connectivity index (χ0) is 9.26. The van der Waals surface area contributed by atoms with Crippen LogP contribution in [0.4, 0.5) is 0 Å². The van der Waals surface area contributed by atoms with Crippen LogP contribution in [0.25, 0.3) is 10.4 Å². The highest BCUT2D eigenvalue weighted by Gasteiger charge is 2.01. The number of hydrogen-bond donors (Lipinski definition) is 0. The van der Waals surface area contributed by atoms with E-state index in [0.717, 1.165) is 10.4 Å². The van der Waals surface area contributed by atoms with Gasteiger partial charge >= 0.3 is 0 Å². The Kier molecular flexibility index (Phi) is 2.58. The molecule has 2 aromatic rings. The van der Waals surface area contributed by atoms with Crippen molar-refractivity contribution in [3.05, 3.63) is 45.8 Å². The van der Waals surface area contributed by atoms with Gasteiger partial charge in [0.05, 0.1) is 10.0 Å². The lowest BCUT2D eigenvalue weighted by Crippen LogP contribution is -1.73. The smallest absolute Gasteiger partial charge is 0.0598 e. The summed E-state index contributed by atoms with van der Waals surface area (Å²) in [4.78, 5) is 1.15. The molecule has 0 aliphatic carbocycles. The lowest BCUT2D eigenvalue weighted by molar-refractivity contribution is 1.69. The van der Waals surface area contributed by atoms with Crippen molar-refractivity contribution >= 4 is 34.5 Å². The van der Waals surface area contributed by atoms with Gasteiger partial charge in [-0.1, -0.05) is 29.3 Å². The van der Waals surface area contributed by atoms with Crippen molar-refractivity contribution in [3.8, 4) is 10.4 Å². The molecule has 65 valence electrons. The third kappa shape index (κ3) is 1.88. The lowest BCUT2D eigenvalue weighted by atomic mass is 10.2. The van der Waals surface area contributed by atoms with Crippen LogP contribution in [0, 0.1) is 6.07 Å². The summed E-state index contributed by atoms with van der Waals surface area (Å²) in [7, 11) is 0. The molecule has 1 heterocycles. The zero-order valence-electron chi connectivity index (χ0n) is 6.55. The fourth-order valence-electron chi connectivity index (χ4n) is 1.04. The Labute approximate surface area is 90.7 Å². The van der Waals surface area contributed by atoms with Crippen LogP contribution in [0.15, 0.2) is 29.6 Å². The van der Waals surface area contributed by atoms with Gasteiger partial charge < -0.3 is 0 Å². The van der Waals surface area contributed by atoms with E-state index in [1.165, 1.54) is 0 Å². The summed E-state index contributed by atoms with van der Waals surface area (Å²) in [6.45, 7) is 0. The predicted octanol–water partition coefficient (Wildman–Crippen LogP) is 4.52. The van der Waals surface area contributed by atoms with E-state index in [-0.39, 0.29) is 0 Å².